The van der Waals surface area contributed by atoms with Crippen molar-refractivity contribution in [3.8, 4) is 10.1 Å². The van der Waals surface area contributed by atoms with E-state index in [1.54, 1.807) is 0 Å². The maximum atomic E-state index is 5.58. The van der Waals surface area contributed by atoms with Crippen molar-refractivity contribution in [1.82, 2.24) is 10.2 Å². The third kappa shape index (κ3) is 1.64. The van der Waals surface area contributed by atoms with Gasteiger partial charge in [0, 0.05) is 0 Å². The average Bonchev–Trinajstić information content (AvgIpc) is 2.53. The van der Waals surface area contributed by atoms with Crippen LogP contribution in [0.4, 0.5) is 4.69 Å². The average molecular weight is 238 g/mol. The third-order valence-corrected chi connectivity index (χ3v) is 3.46. The first kappa shape index (κ1) is 8.48. The Kier molecular flexibility index (Phi) is 2.17. The van der Waals surface area contributed by atoms with Gasteiger partial charge in [-0.15, -0.1) is 0 Å². The molecule has 0 bridgehead atoms. The number of anilines is 1. The van der Waals surface area contributed by atoms with Crippen LogP contribution in [-0.2, 0) is 0 Å². The first-order valence-corrected chi connectivity index (χ1v) is 5.63. The third-order valence-electron chi connectivity index (χ3n) is 1.82. The molecule has 0 saturated carbocycles. The van der Waals surface area contributed by atoms with Gasteiger partial charge >= 0.3 is 82.0 Å². The van der Waals surface area contributed by atoms with E-state index < -0.39 is 0 Å². The standard InChI is InChI=1S/C9H9N3Se/c1-6-4-2-3-5-7(6)8-11-12-9(10)13-8/h2-5H,1H3,(H2,10,12). The van der Waals surface area contributed by atoms with Gasteiger partial charge in [-0.25, -0.2) is 0 Å². The molecule has 0 amide bonds. The van der Waals surface area contributed by atoms with Crippen LogP contribution in [0.25, 0.3) is 10.1 Å². The quantitative estimate of drug-likeness (QED) is 0.756. The van der Waals surface area contributed by atoms with Crippen molar-refractivity contribution in [3.63, 3.8) is 0 Å². The summed E-state index contributed by atoms with van der Waals surface area (Å²) in [4.78, 5) is 0. The number of aromatic nitrogens is 2. The van der Waals surface area contributed by atoms with Crippen molar-refractivity contribution < 1.29 is 0 Å². The van der Waals surface area contributed by atoms with Gasteiger partial charge in [-0.3, -0.25) is 0 Å². The van der Waals surface area contributed by atoms with Crippen molar-refractivity contribution in [1.29, 1.82) is 0 Å². The summed E-state index contributed by atoms with van der Waals surface area (Å²) in [5.74, 6) is 0. The van der Waals surface area contributed by atoms with Gasteiger partial charge in [0.05, 0.1) is 0 Å². The van der Waals surface area contributed by atoms with Crippen LogP contribution in [0.1, 0.15) is 5.56 Å². The molecule has 0 atom stereocenters. The van der Waals surface area contributed by atoms with E-state index in [4.69, 9.17) is 5.73 Å². The molecule has 2 N–H and O–H groups in total. The molecule has 0 spiro atoms. The second-order valence-electron chi connectivity index (χ2n) is 2.76. The van der Waals surface area contributed by atoms with Crippen LogP contribution < -0.4 is 5.73 Å². The Morgan fingerprint density at radius 1 is 1.23 bits per heavy atom. The van der Waals surface area contributed by atoms with Gasteiger partial charge in [0.25, 0.3) is 0 Å². The van der Waals surface area contributed by atoms with E-state index in [1.165, 1.54) is 11.1 Å². The normalized spacial score (nSPS) is 10.2. The van der Waals surface area contributed by atoms with Gasteiger partial charge in [0.1, 0.15) is 0 Å². The molecule has 0 fully saturated rings. The number of nitrogen functional groups attached to an aromatic ring is 1. The monoisotopic (exact) mass is 239 g/mol. The Morgan fingerprint density at radius 2 is 2.00 bits per heavy atom. The number of hydrogen-bond donors (Lipinski definition) is 1. The molecule has 2 aromatic rings. The molecule has 0 unspecified atom stereocenters. The summed E-state index contributed by atoms with van der Waals surface area (Å²) < 4.78 is 1.69. The SMILES string of the molecule is Cc1ccccc1-c1nnc(N)[se]1. The van der Waals surface area contributed by atoms with Crippen LogP contribution in [0.15, 0.2) is 24.3 Å². The molecule has 0 aliphatic heterocycles. The van der Waals surface area contributed by atoms with Crippen LogP contribution in [0.2, 0.25) is 0 Å². The predicted molar refractivity (Wildman–Crippen MR) is 53.6 cm³/mol. The summed E-state index contributed by atoms with van der Waals surface area (Å²) in [5.41, 5.74) is 7.98. The van der Waals surface area contributed by atoms with Crippen LogP contribution in [0, 0.1) is 6.92 Å². The van der Waals surface area contributed by atoms with Gasteiger partial charge in [-0.2, -0.15) is 0 Å². The summed E-state index contributed by atoms with van der Waals surface area (Å²) >= 11 is 0.117. The van der Waals surface area contributed by atoms with Gasteiger partial charge in [0.15, 0.2) is 0 Å². The van der Waals surface area contributed by atoms with Gasteiger partial charge in [-0.1, -0.05) is 0 Å². The first-order valence-electron chi connectivity index (χ1n) is 3.92. The molecule has 0 saturated heterocycles. The minimum absolute atomic E-state index is 0.117. The summed E-state index contributed by atoms with van der Waals surface area (Å²) in [5, 5.41) is 7.90. The van der Waals surface area contributed by atoms with Gasteiger partial charge in [-0.05, 0) is 0 Å². The topological polar surface area (TPSA) is 51.8 Å². The van der Waals surface area contributed by atoms with Gasteiger partial charge < -0.3 is 0 Å². The van der Waals surface area contributed by atoms with Crippen molar-refractivity contribution in [2.75, 3.05) is 5.73 Å². The molecule has 3 nitrogen and oxygen atoms in total. The zero-order valence-corrected chi connectivity index (χ0v) is 8.90. The van der Waals surface area contributed by atoms with Crippen LogP contribution in [0.5, 0.6) is 0 Å². The molecule has 13 heavy (non-hydrogen) atoms. The molecule has 4 heteroatoms. The van der Waals surface area contributed by atoms with E-state index in [0.29, 0.717) is 4.69 Å². The van der Waals surface area contributed by atoms with Crippen molar-refractivity contribution in [2.45, 2.75) is 6.92 Å². The number of benzene rings is 1. The van der Waals surface area contributed by atoms with E-state index >= 15 is 0 Å². The summed E-state index contributed by atoms with van der Waals surface area (Å²) in [6.07, 6.45) is 0. The molecule has 1 aromatic carbocycles. The second kappa shape index (κ2) is 3.32. The first-order chi connectivity index (χ1) is 6.27. The fourth-order valence-corrected chi connectivity index (χ4v) is 2.63. The summed E-state index contributed by atoms with van der Waals surface area (Å²) in [7, 11) is 0. The van der Waals surface area contributed by atoms with E-state index in [1.807, 2.05) is 12.1 Å². The maximum absolute atomic E-state index is 5.58. The van der Waals surface area contributed by atoms with Crippen molar-refractivity contribution in [2.24, 2.45) is 0 Å². The molecular formula is C9H9N3Se. The second-order valence-corrected chi connectivity index (χ2v) is 4.88. The fourth-order valence-electron chi connectivity index (χ4n) is 1.16. The molecule has 0 aliphatic carbocycles. The molecule has 0 radical (unpaired) electrons. The van der Waals surface area contributed by atoms with E-state index in [-0.39, 0.29) is 14.5 Å². The number of nitrogens with two attached hydrogens (primary N) is 1. The fraction of sp³-hybridized carbons (Fsp3) is 0.111. The molecule has 2 rings (SSSR count). The van der Waals surface area contributed by atoms with E-state index in [9.17, 15) is 0 Å². The Bertz CT molecular complexity index is 422. The van der Waals surface area contributed by atoms with Crippen LogP contribution in [-0.4, -0.2) is 24.7 Å². The number of hydrogen-bond acceptors (Lipinski definition) is 3. The van der Waals surface area contributed by atoms with Crippen molar-refractivity contribution >= 4 is 19.2 Å². The Labute approximate surface area is 82.4 Å². The molecule has 1 heterocycles. The summed E-state index contributed by atoms with van der Waals surface area (Å²) in [6, 6.07) is 8.16. The zero-order valence-electron chi connectivity index (χ0n) is 7.19. The van der Waals surface area contributed by atoms with Crippen LogP contribution >= 0.6 is 0 Å². The Hall–Kier alpha value is -1.12. The number of nitrogens with zero attached hydrogens (tertiary/aromatic N) is 2. The Morgan fingerprint density at radius 3 is 2.62 bits per heavy atom. The van der Waals surface area contributed by atoms with Gasteiger partial charge in [0.2, 0.25) is 0 Å². The molecule has 0 aliphatic rings. The number of aryl methyl sites for hydroxylation is 1. The predicted octanol–water partition coefficient (Wildman–Crippen LogP) is 1.09. The summed E-state index contributed by atoms with van der Waals surface area (Å²) in [6.45, 7) is 2.07. The minimum atomic E-state index is 0.117. The number of rotatable bonds is 1. The van der Waals surface area contributed by atoms with E-state index in [2.05, 4.69) is 29.3 Å². The van der Waals surface area contributed by atoms with Crippen molar-refractivity contribution in [3.05, 3.63) is 29.8 Å². The van der Waals surface area contributed by atoms with Crippen LogP contribution in [0.3, 0.4) is 0 Å². The Balaban J connectivity index is 2.52. The molecular weight excluding hydrogens is 229 g/mol. The zero-order chi connectivity index (χ0) is 9.26. The molecule has 66 valence electrons. The molecule has 1 aromatic heterocycles. The van der Waals surface area contributed by atoms with E-state index in [0.717, 1.165) is 4.57 Å².